The first kappa shape index (κ1) is 34.5. The minimum absolute atomic E-state index is 0.0109. The summed E-state index contributed by atoms with van der Waals surface area (Å²) in [6.07, 6.45) is 6.95. The van der Waals surface area contributed by atoms with E-state index in [0.29, 0.717) is 18.1 Å². The zero-order valence-electron chi connectivity index (χ0n) is 26.4. The lowest BCUT2D eigenvalue weighted by molar-refractivity contribution is -0.202. The van der Waals surface area contributed by atoms with E-state index in [1.54, 1.807) is 13.0 Å². The Morgan fingerprint density at radius 3 is 2.47 bits per heavy atom. The van der Waals surface area contributed by atoms with Gasteiger partial charge in [-0.25, -0.2) is 4.79 Å². The van der Waals surface area contributed by atoms with E-state index in [-0.39, 0.29) is 55.8 Å². The molecule has 1 spiro atoms. The van der Waals surface area contributed by atoms with Crippen LogP contribution in [0.3, 0.4) is 0 Å². The first-order valence-electron chi connectivity index (χ1n) is 15.5. The molecule has 45 heavy (non-hydrogen) atoms. The number of carbonyl (C=O) groups is 5. The minimum atomic E-state index is -0.926. The van der Waals surface area contributed by atoms with Crippen molar-refractivity contribution in [2.24, 2.45) is 5.92 Å². The maximum Gasteiger partial charge on any atom is 0.335 e. The summed E-state index contributed by atoms with van der Waals surface area (Å²) >= 11 is 0. The summed E-state index contributed by atoms with van der Waals surface area (Å²) in [6.45, 7) is 9.27. The van der Waals surface area contributed by atoms with Crippen molar-refractivity contribution >= 4 is 29.7 Å². The van der Waals surface area contributed by atoms with Crippen LogP contribution in [0.25, 0.3) is 0 Å². The smallest absolute Gasteiger partial charge is 0.335 e. The van der Waals surface area contributed by atoms with Crippen molar-refractivity contribution in [3.05, 3.63) is 36.0 Å². The van der Waals surface area contributed by atoms with Gasteiger partial charge in [0.05, 0.1) is 37.4 Å². The number of imide groups is 1. The normalized spacial score (nSPS) is 34.4. The molecular weight excluding hydrogens is 588 g/mol. The fourth-order valence-electron chi connectivity index (χ4n) is 5.87. The molecule has 0 radical (unpaired) electrons. The molecule has 0 aliphatic carbocycles. The Balaban J connectivity index is 1.26. The van der Waals surface area contributed by atoms with Gasteiger partial charge in [-0.05, 0) is 45.6 Å². The number of rotatable bonds is 11. The Kier molecular flexibility index (Phi) is 11.3. The van der Waals surface area contributed by atoms with Gasteiger partial charge in [-0.1, -0.05) is 30.7 Å². The number of aliphatic hydroxyl groups excluding tert-OH is 1. The Labute approximate surface area is 262 Å². The van der Waals surface area contributed by atoms with E-state index in [0.717, 1.165) is 12.0 Å². The topological polar surface area (TPSA) is 170 Å². The van der Waals surface area contributed by atoms with Crippen LogP contribution in [-0.4, -0.2) is 94.7 Å². The van der Waals surface area contributed by atoms with Crippen molar-refractivity contribution in [3.8, 4) is 0 Å². The molecule has 0 bridgehead atoms. The van der Waals surface area contributed by atoms with Gasteiger partial charge in [0, 0.05) is 32.3 Å². The lowest BCUT2D eigenvalue weighted by Crippen LogP contribution is -2.50. The third kappa shape index (κ3) is 9.32. The standard InChI is InChI=1S/C32H44N2O11/c1-18(6-9-25-19(2)14-24(21(4)43-25)33-27(36)11-8-20(3)42-22(5)35)7-10-26-31(40)32(17-41-32)16-23(44-26)15-30(39)45-34-28(37)12-13-29(34)38/h6-8,10-11,19-21,23-26,31,40H,9,12-17H2,1-5H3,(H,33,36)/b10-7+,11-8-,18-6+/t19-,20-,21+,23+,24+,25-,26+,31+,32+/m0/s1. The van der Waals surface area contributed by atoms with Crippen LogP contribution >= 0.6 is 0 Å². The van der Waals surface area contributed by atoms with Gasteiger partial charge in [0.25, 0.3) is 11.8 Å². The molecule has 9 atom stereocenters. The lowest BCUT2D eigenvalue weighted by atomic mass is 9.87. The van der Waals surface area contributed by atoms with Crippen LogP contribution in [-0.2, 0) is 47.8 Å². The summed E-state index contributed by atoms with van der Waals surface area (Å²) in [4.78, 5) is 64.4. The van der Waals surface area contributed by atoms with Gasteiger partial charge in [0.1, 0.15) is 23.9 Å². The summed E-state index contributed by atoms with van der Waals surface area (Å²) < 4.78 is 22.8. The number of hydrogen-bond acceptors (Lipinski definition) is 11. The van der Waals surface area contributed by atoms with Crippen LogP contribution < -0.4 is 5.32 Å². The molecule has 4 fully saturated rings. The first-order valence-corrected chi connectivity index (χ1v) is 15.5. The van der Waals surface area contributed by atoms with Gasteiger partial charge in [0.2, 0.25) is 5.91 Å². The fourth-order valence-corrected chi connectivity index (χ4v) is 5.87. The number of hydrogen-bond donors (Lipinski definition) is 2. The Hall–Kier alpha value is -3.39. The molecule has 0 aromatic carbocycles. The highest BCUT2D eigenvalue weighted by Crippen LogP contribution is 2.43. The van der Waals surface area contributed by atoms with Gasteiger partial charge in [-0.2, -0.15) is 0 Å². The summed E-state index contributed by atoms with van der Waals surface area (Å²) in [5.41, 5.74) is 0.119. The van der Waals surface area contributed by atoms with Crippen LogP contribution in [0, 0.1) is 5.92 Å². The van der Waals surface area contributed by atoms with Gasteiger partial charge in [0.15, 0.2) is 0 Å². The number of allylic oxidation sites excluding steroid dienone is 2. The molecular formula is C32H44N2O11. The predicted molar refractivity (Wildman–Crippen MR) is 158 cm³/mol. The zero-order chi connectivity index (χ0) is 32.9. The number of carbonyl (C=O) groups excluding carboxylic acids is 5. The first-order chi connectivity index (χ1) is 21.3. The third-order valence-electron chi connectivity index (χ3n) is 8.52. The number of amides is 3. The Morgan fingerprint density at radius 1 is 1.13 bits per heavy atom. The molecule has 0 saturated carbocycles. The molecule has 4 aliphatic heterocycles. The Bertz CT molecular complexity index is 1220. The molecule has 3 amide bonds. The molecule has 0 aromatic heterocycles. The quantitative estimate of drug-likeness (QED) is 0.112. The summed E-state index contributed by atoms with van der Waals surface area (Å²) in [5, 5.41) is 14.4. The molecule has 4 aliphatic rings. The lowest BCUT2D eigenvalue weighted by Gasteiger charge is -2.39. The number of nitrogens with one attached hydrogen (secondary N) is 1. The highest BCUT2D eigenvalue weighted by Gasteiger charge is 2.58. The van der Waals surface area contributed by atoms with E-state index >= 15 is 0 Å². The van der Waals surface area contributed by atoms with Crippen LogP contribution in [0.2, 0.25) is 0 Å². The van der Waals surface area contributed by atoms with Gasteiger partial charge in [-0.15, -0.1) is 5.06 Å². The molecule has 4 heterocycles. The number of hydroxylamine groups is 2. The van der Waals surface area contributed by atoms with Crippen molar-refractivity contribution in [1.29, 1.82) is 0 Å². The van der Waals surface area contributed by atoms with E-state index in [9.17, 15) is 29.1 Å². The monoisotopic (exact) mass is 632 g/mol. The van der Waals surface area contributed by atoms with E-state index in [2.05, 4.69) is 12.2 Å². The average Bonchev–Trinajstić information content (AvgIpc) is 3.67. The van der Waals surface area contributed by atoms with Crippen molar-refractivity contribution in [1.82, 2.24) is 10.4 Å². The number of epoxide rings is 1. The van der Waals surface area contributed by atoms with Crippen LogP contribution in [0.1, 0.15) is 73.1 Å². The molecule has 4 saturated heterocycles. The predicted octanol–water partition coefficient (Wildman–Crippen LogP) is 1.97. The van der Waals surface area contributed by atoms with E-state index in [4.69, 9.17) is 23.8 Å². The summed E-state index contributed by atoms with van der Waals surface area (Å²) in [7, 11) is 0. The largest absolute Gasteiger partial charge is 0.459 e. The van der Waals surface area contributed by atoms with Gasteiger partial charge < -0.3 is 34.2 Å². The molecule has 2 N–H and O–H groups in total. The van der Waals surface area contributed by atoms with Crippen LogP contribution in [0.15, 0.2) is 36.0 Å². The van der Waals surface area contributed by atoms with Crippen LogP contribution in [0.4, 0.5) is 0 Å². The van der Waals surface area contributed by atoms with E-state index in [1.807, 2.05) is 26.0 Å². The number of aliphatic hydroxyl groups is 1. The maximum absolute atomic E-state index is 12.5. The second kappa shape index (κ2) is 14.8. The van der Waals surface area contributed by atoms with Crippen molar-refractivity contribution < 1.29 is 52.9 Å². The highest BCUT2D eigenvalue weighted by atomic mass is 16.7. The fraction of sp³-hybridized carbons (Fsp3) is 0.656. The Morgan fingerprint density at radius 2 is 1.82 bits per heavy atom. The number of nitrogens with zero attached hydrogens (tertiary/aromatic N) is 1. The molecule has 248 valence electrons. The highest BCUT2D eigenvalue weighted by molar-refractivity contribution is 6.01. The zero-order valence-corrected chi connectivity index (χ0v) is 26.4. The van der Waals surface area contributed by atoms with Gasteiger partial charge in [-0.3, -0.25) is 19.2 Å². The van der Waals surface area contributed by atoms with Crippen molar-refractivity contribution in [2.45, 2.75) is 121 Å². The maximum atomic E-state index is 12.5. The van der Waals surface area contributed by atoms with Crippen LogP contribution in [0.5, 0.6) is 0 Å². The minimum Gasteiger partial charge on any atom is -0.459 e. The molecule has 0 unspecified atom stereocenters. The molecule has 4 rings (SSSR count). The second-order valence-electron chi connectivity index (χ2n) is 12.4. The number of ether oxygens (including phenoxy) is 4. The van der Waals surface area contributed by atoms with E-state index in [1.165, 1.54) is 19.1 Å². The summed E-state index contributed by atoms with van der Waals surface area (Å²) in [5.74, 6) is -2.39. The molecule has 0 aromatic rings. The second-order valence-corrected chi connectivity index (χ2v) is 12.4. The third-order valence-corrected chi connectivity index (χ3v) is 8.52. The number of esters is 1. The molecule has 13 heteroatoms. The average molecular weight is 633 g/mol. The van der Waals surface area contributed by atoms with E-state index < -0.39 is 53.8 Å². The van der Waals surface area contributed by atoms with Crippen molar-refractivity contribution in [3.63, 3.8) is 0 Å². The van der Waals surface area contributed by atoms with Crippen molar-refractivity contribution in [2.75, 3.05) is 6.61 Å². The summed E-state index contributed by atoms with van der Waals surface area (Å²) in [6, 6.07) is -0.161. The van der Waals surface area contributed by atoms with Gasteiger partial charge >= 0.3 is 11.9 Å². The molecule has 13 nitrogen and oxygen atoms in total. The SMILES string of the molecule is CC(=O)O[C@@H](C)/C=C\C(=O)N[C@@H]1C[C@H](C)[C@H](C/C=C(C)/C=C/[C@H]2O[C@H](CC(=O)ON3C(=O)CCC3=O)C[C@@]3(CO3)[C@@H]2O)O[C@@H]1C.